The molecule has 0 saturated heterocycles. The van der Waals surface area contributed by atoms with E-state index in [1.807, 2.05) is 44.2 Å². The zero-order valence-corrected chi connectivity index (χ0v) is 17.1. The average molecular weight is 393 g/mol. The van der Waals surface area contributed by atoms with Crippen molar-refractivity contribution in [3.05, 3.63) is 53.6 Å². The van der Waals surface area contributed by atoms with Crippen molar-refractivity contribution in [3.8, 4) is 11.5 Å². The van der Waals surface area contributed by atoms with Gasteiger partial charge < -0.3 is 14.8 Å². The Morgan fingerprint density at radius 3 is 2.41 bits per heavy atom. The maximum Gasteiger partial charge on any atom is 0.238 e. The highest BCUT2D eigenvalue weighted by atomic mass is 32.2. The Labute approximate surface area is 161 Å². The van der Waals surface area contributed by atoms with Gasteiger partial charge in [-0.2, -0.15) is 0 Å². The highest BCUT2D eigenvalue weighted by molar-refractivity contribution is 7.89. The van der Waals surface area contributed by atoms with Crippen molar-refractivity contribution >= 4 is 10.0 Å². The van der Waals surface area contributed by atoms with Crippen LogP contribution < -0.4 is 19.9 Å². The second-order valence-corrected chi connectivity index (χ2v) is 8.67. The van der Waals surface area contributed by atoms with E-state index in [2.05, 4.69) is 5.32 Å². The van der Waals surface area contributed by atoms with Crippen LogP contribution in [-0.4, -0.2) is 34.2 Å². The standard InChI is InChI=1S/C20H28N2O4S/c1-15-9-10-16(13-19(15)27(21,23)24)11-12-22-20(2,3)14-26-18-8-6-5-7-17(18)25-4/h5-10,13,22H,11-12,14H2,1-4H3,(H2,21,23,24). The number of ether oxygens (including phenoxy) is 2. The number of nitrogens with two attached hydrogens (primary N) is 1. The van der Waals surface area contributed by atoms with Crippen LogP contribution in [0.1, 0.15) is 25.0 Å². The summed E-state index contributed by atoms with van der Waals surface area (Å²) in [6.07, 6.45) is 0.681. The molecule has 0 saturated carbocycles. The van der Waals surface area contributed by atoms with Gasteiger partial charge in [-0.05, 0) is 63.1 Å². The van der Waals surface area contributed by atoms with Crippen molar-refractivity contribution in [2.24, 2.45) is 5.14 Å². The number of primary sulfonamides is 1. The number of hydrogen-bond acceptors (Lipinski definition) is 5. The third kappa shape index (κ3) is 6.23. The summed E-state index contributed by atoms with van der Waals surface area (Å²) in [6, 6.07) is 12.9. The molecule has 2 aromatic carbocycles. The van der Waals surface area contributed by atoms with Crippen molar-refractivity contribution in [2.75, 3.05) is 20.3 Å². The summed E-state index contributed by atoms with van der Waals surface area (Å²) in [6.45, 7) is 6.97. The Morgan fingerprint density at radius 1 is 1.11 bits per heavy atom. The molecule has 0 bridgehead atoms. The Hall–Kier alpha value is -2.09. The molecule has 2 aromatic rings. The van der Waals surface area contributed by atoms with E-state index in [0.29, 0.717) is 36.6 Å². The number of hydrogen-bond donors (Lipinski definition) is 2. The van der Waals surface area contributed by atoms with Gasteiger partial charge in [0.2, 0.25) is 10.0 Å². The third-order valence-electron chi connectivity index (χ3n) is 4.23. The fraction of sp³-hybridized carbons (Fsp3) is 0.400. The van der Waals surface area contributed by atoms with Crippen molar-refractivity contribution in [1.29, 1.82) is 0 Å². The molecular weight excluding hydrogens is 364 g/mol. The predicted molar refractivity (Wildman–Crippen MR) is 107 cm³/mol. The predicted octanol–water partition coefficient (Wildman–Crippen LogP) is 2.64. The highest BCUT2D eigenvalue weighted by Crippen LogP contribution is 2.26. The van der Waals surface area contributed by atoms with Gasteiger partial charge in [0.15, 0.2) is 11.5 Å². The van der Waals surface area contributed by atoms with Crippen molar-refractivity contribution in [3.63, 3.8) is 0 Å². The lowest BCUT2D eigenvalue weighted by Gasteiger charge is -2.27. The van der Waals surface area contributed by atoms with Gasteiger partial charge in [0.1, 0.15) is 6.61 Å². The van der Waals surface area contributed by atoms with Crippen molar-refractivity contribution in [2.45, 2.75) is 37.6 Å². The normalized spacial score (nSPS) is 12.0. The minimum atomic E-state index is -3.71. The number of para-hydroxylation sites is 2. The van der Waals surface area contributed by atoms with Crippen LogP contribution in [-0.2, 0) is 16.4 Å². The van der Waals surface area contributed by atoms with Gasteiger partial charge in [-0.15, -0.1) is 0 Å². The molecule has 7 heteroatoms. The lowest BCUT2D eigenvalue weighted by molar-refractivity contribution is 0.202. The summed E-state index contributed by atoms with van der Waals surface area (Å²) in [5.74, 6) is 1.40. The lowest BCUT2D eigenvalue weighted by atomic mass is 10.1. The molecular formula is C20H28N2O4S. The number of sulfonamides is 1. The van der Waals surface area contributed by atoms with Gasteiger partial charge in [-0.25, -0.2) is 13.6 Å². The molecule has 2 rings (SSSR count). The quantitative estimate of drug-likeness (QED) is 0.685. The molecule has 0 atom stereocenters. The molecule has 148 valence electrons. The van der Waals surface area contributed by atoms with Crippen LogP contribution >= 0.6 is 0 Å². The SMILES string of the molecule is COc1ccccc1OCC(C)(C)NCCc1ccc(C)c(S(N)(=O)=O)c1. The van der Waals surface area contributed by atoms with Crippen molar-refractivity contribution < 1.29 is 17.9 Å². The molecule has 27 heavy (non-hydrogen) atoms. The number of nitrogens with one attached hydrogen (secondary N) is 1. The molecule has 0 fully saturated rings. The van der Waals surface area contributed by atoms with Crippen molar-refractivity contribution in [1.82, 2.24) is 5.32 Å². The fourth-order valence-electron chi connectivity index (χ4n) is 2.70. The maximum absolute atomic E-state index is 11.6. The smallest absolute Gasteiger partial charge is 0.238 e. The van der Waals surface area contributed by atoms with Crippen LogP contribution in [0.25, 0.3) is 0 Å². The lowest BCUT2D eigenvalue weighted by Crippen LogP contribution is -2.45. The van der Waals surface area contributed by atoms with Gasteiger partial charge in [0.05, 0.1) is 12.0 Å². The number of rotatable bonds is 9. The Bertz CT molecular complexity index is 879. The molecule has 0 aliphatic rings. The topological polar surface area (TPSA) is 90.7 Å². The van der Waals surface area contributed by atoms with Gasteiger partial charge in [0, 0.05) is 5.54 Å². The molecule has 0 heterocycles. The Kier molecular flexibility index (Phi) is 6.86. The summed E-state index contributed by atoms with van der Waals surface area (Å²) < 4.78 is 34.5. The third-order valence-corrected chi connectivity index (χ3v) is 5.29. The van der Waals surface area contributed by atoms with Crippen LogP contribution in [0.3, 0.4) is 0 Å². The van der Waals surface area contributed by atoms with E-state index in [9.17, 15) is 8.42 Å². The number of methoxy groups -OCH3 is 1. The van der Waals surface area contributed by atoms with Crippen LogP contribution in [0.5, 0.6) is 11.5 Å². The second kappa shape index (κ2) is 8.73. The maximum atomic E-state index is 11.6. The summed E-state index contributed by atoms with van der Waals surface area (Å²) in [5, 5.41) is 8.71. The molecule has 0 unspecified atom stereocenters. The fourth-order valence-corrected chi connectivity index (χ4v) is 3.53. The first-order chi connectivity index (χ1) is 12.6. The zero-order valence-electron chi connectivity index (χ0n) is 16.3. The monoisotopic (exact) mass is 392 g/mol. The number of benzene rings is 2. The Balaban J connectivity index is 1.92. The molecule has 0 radical (unpaired) electrons. The Morgan fingerprint density at radius 2 is 1.78 bits per heavy atom. The van der Waals surface area contributed by atoms with Crippen LogP contribution in [0.2, 0.25) is 0 Å². The van der Waals surface area contributed by atoms with Crippen LogP contribution in [0.4, 0.5) is 0 Å². The van der Waals surface area contributed by atoms with Gasteiger partial charge in [-0.1, -0.05) is 24.3 Å². The van der Waals surface area contributed by atoms with E-state index in [0.717, 1.165) is 5.56 Å². The van der Waals surface area contributed by atoms with E-state index in [1.165, 1.54) is 0 Å². The molecule has 3 N–H and O–H groups in total. The minimum Gasteiger partial charge on any atom is -0.493 e. The first-order valence-corrected chi connectivity index (χ1v) is 10.3. The van der Waals surface area contributed by atoms with E-state index in [1.54, 1.807) is 26.2 Å². The molecule has 0 aliphatic heterocycles. The van der Waals surface area contributed by atoms with E-state index >= 15 is 0 Å². The molecule has 0 aromatic heterocycles. The van der Waals surface area contributed by atoms with Gasteiger partial charge in [0.25, 0.3) is 0 Å². The molecule has 0 aliphatic carbocycles. The van der Waals surface area contributed by atoms with E-state index in [4.69, 9.17) is 14.6 Å². The summed E-state index contributed by atoms with van der Waals surface area (Å²) in [4.78, 5) is 0.179. The first-order valence-electron chi connectivity index (χ1n) is 8.75. The highest BCUT2D eigenvalue weighted by Gasteiger charge is 2.19. The number of aryl methyl sites for hydroxylation is 1. The average Bonchev–Trinajstić information content (AvgIpc) is 2.60. The van der Waals surface area contributed by atoms with Gasteiger partial charge in [-0.3, -0.25) is 0 Å². The summed E-state index contributed by atoms with van der Waals surface area (Å²) in [7, 11) is -2.09. The van der Waals surface area contributed by atoms with Crippen LogP contribution in [0.15, 0.2) is 47.4 Å². The van der Waals surface area contributed by atoms with Crippen LogP contribution in [0, 0.1) is 6.92 Å². The van der Waals surface area contributed by atoms with Gasteiger partial charge >= 0.3 is 0 Å². The second-order valence-electron chi connectivity index (χ2n) is 7.15. The summed E-state index contributed by atoms with van der Waals surface area (Å²) in [5.41, 5.74) is 1.30. The zero-order chi connectivity index (χ0) is 20.1. The summed E-state index contributed by atoms with van der Waals surface area (Å²) >= 11 is 0. The largest absolute Gasteiger partial charge is 0.493 e. The molecule has 0 amide bonds. The first kappa shape index (κ1) is 21.2. The molecule has 0 spiro atoms. The molecule has 6 nitrogen and oxygen atoms in total. The minimum absolute atomic E-state index is 0.179. The van der Waals surface area contributed by atoms with E-state index in [-0.39, 0.29) is 10.4 Å². The van der Waals surface area contributed by atoms with E-state index < -0.39 is 10.0 Å².